The van der Waals surface area contributed by atoms with Gasteiger partial charge in [-0.2, -0.15) is 0 Å². The number of hydrogen-bond acceptors (Lipinski definition) is 4. The van der Waals surface area contributed by atoms with Crippen LogP contribution in [0.25, 0.3) is 0 Å². The number of aromatic nitrogens is 2. The lowest BCUT2D eigenvalue weighted by Gasteiger charge is -1.93. The zero-order chi connectivity index (χ0) is 38.6. The van der Waals surface area contributed by atoms with Crippen molar-refractivity contribution in [2.45, 2.75) is 125 Å². The second-order valence-corrected chi connectivity index (χ2v) is 15.8. The molecular weight excluding hydrogens is 653 g/mol. The van der Waals surface area contributed by atoms with Crippen LogP contribution in [-0.2, 0) is 14.1 Å². The van der Waals surface area contributed by atoms with Gasteiger partial charge in [0.2, 0.25) is 0 Å². The highest BCUT2D eigenvalue weighted by Crippen LogP contribution is 2.19. The zero-order valence-electron chi connectivity index (χ0n) is 35.0. The lowest BCUT2D eigenvalue weighted by molar-refractivity contribution is 0.530. The molecule has 6 aromatic heterocycles. The molecule has 0 fully saturated rings. The summed E-state index contributed by atoms with van der Waals surface area (Å²) >= 11 is 3.66. The monoisotopic (exact) mass is 718 g/mol. The Morgan fingerprint density at radius 3 is 0.740 bits per heavy atom. The topological polar surface area (TPSA) is 36.1 Å². The molecule has 50 heavy (non-hydrogen) atoms. The predicted molar refractivity (Wildman–Crippen MR) is 222 cm³/mol. The smallest absolute Gasteiger partial charge is 0.103 e. The van der Waals surface area contributed by atoms with E-state index in [9.17, 15) is 0 Å². The molecule has 0 unspecified atom stereocenters. The number of aryl methyl sites for hydroxylation is 12. The van der Waals surface area contributed by atoms with Crippen molar-refractivity contribution in [1.29, 1.82) is 0 Å². The van der Waals surface area contributed by atoms with Gasteiger partial charge in [-0.25, -0.2) is 0 Å². The Morgan fingerprint density at radius 2 is 0.680 bits per heavy atom. The third kappa shape index (κ3) is 13.0. The van der Waals surface area contributed by atoms with E-state index in [1.165, 1.54) is 87.9 Å². The molecule has 0 saturated carbocycles. The lowest BCUT2D eigenvalue weighted by Crippen LogP contribution is -1.87. The Balaban J connectivity index is 0.000000300. The maximum absolute atomic E-state index is 5.09. The first kappa shape index (κ1) is 44.5. The van der Waals surface area contributed by atoms with E-state index in [2.05, 4.69) is 143 Å². The van der Waals surface area contributed by atoms with Gasteiger partial charge in [0.1, 0.15) is 11.5 Å². The van der Waals surface area contributed by atoms with Gasteiger partial charge in [0.15, 0.2) is 0 Å². The number of rotatable bonds is 0. The number of hydrogen-bond donors (Lipinski definition) is 0. The molecule has 0 N–H and O–H groups in total. The van der Waals surface area contributed by atoms with Crippen LogP contribution in [0, 0.1) is 125 Å². The predicted octanol–water partition coefficient (Wildman–Crippen LogP) is 13.7. The molecular formula is C44H66N2O2S2. The Hall–Kier alpha value is -3.48. The SMILES string of the molecule is Cc1cn(C)c(C)c1C.Cc1cn(C)c(C)c1C.Cc1coc(C)c1C.Cc1coc(C)c1C.Cc1csc(C)c1C.Cc1csc(C)c1C. The van der Waals surface area contributed by atoms with Crippen LogP contribution in [-0.4, -0.2) is 9.13 Å². The number of furan rings is 2. The fraction of sp³-hybridized carbons (Fsp3) is 0.455. The average molecular weight is 719 g/mol. The van der Waals surface area contributed by atoms with E-state index in [0.717, 1.165) is 11.5 Å². The Bertz CT molecular complexity index is 1560. The molecule has 6 heteroatoms. The minimum absolute atomic E-state index is 1.03. The molecule has 0 spiro atoms. The molecule has 4 nitrogen and oxygen atoms in total. The molecule has 0 radical (unpaired) electrons. The molecule has 0 bridgehead atoms. The lowest BCUT2D eigenvalue weighted by atomic mass is 10.2. The van der Waals surface area contributed by atoms with Crippen LogP contribution in [0.1, 0.15) is 99.4 Å². The van der Waals surface area contributed by atoms with Gasteiger partial charge in [0.05, 0.1) is 12.5 Å². The maximum atomic E-state index is 5.09. The van der Waals surface area contributed by atoms with Crippen molar-refractivity contribution in [3.05, 3.63) is 135 Å². The van der Waals surface area contributed by atoms with Crippen LogP contribution >= 0.6 is 22.7 Å². The highest BCUT2D eigenvalue weighted by Gasteiger charge is 2.01. The van der Waals surface area contributed by atoms with Crippen molar-refractivity contribution in [3.63, 3.8) is 0 Å². The van der Waals surface area contributed by atoms with E-state index in [-0.39, 0.29) is 0 Å². The fourth-order valence-corrected chi connectivity index (χ4v) is 6.33. The van der Waals surface area contributed by atoms with Crippen molar-refractivity contribution in [2.75, 3.05) is 0 Å². The van der Waals surface area contributed by atoms with Gasteiger partial charge < -0.3 is 18.0 Å². The minimum Gasteiger partial charge on any atom is -0.469 e. The summed E-state index contributed by atoms with van der Waals surface area (Å²) in [4.78, 5) is 2.89. The van der Waals surface area contributed by atoms with Crippen LogP contribution in [0.4, 0.5) is 0 Å². The van der Waals surface area contributed by atoms with Gasteiger partial charge in [0, 0.05) is 47.6 Å². The number of thiophene rings is 2. The summed E-state index contributed by atoms with van der Waals surface area (Å²) < 4.78 is 14.5. The first-order chi connectivity index (χ1) is 23.1. The van der Waals surface area contributed by atoms with Crippen molar-refractivity contribution in [1.82, 2.24) is 9.13 Å². The third-order valence-corrected chi connectivity index (χ3v) is 12.5. The molecule has 0 aliphatic carbocycles. The van der Waals surface area contributed by atoms with E-state index in [1.807, 2.05) is 50.4 Å². The van der Waals surface area contributed by atoms with E-state index in [0.29, 0.717) is 0 Å². The van der Waals surface area contributed by atoms with Gasteiger partial charge in [-0.1, -0.05) is 0 Å². The highest BCUT2D eigenvalue weighted by atomic mass is 32.1. The molecule has 6 aromatic rings. The van der Waals surface area contributed by atoms with Crippen LogP contribution in [0.15, 0.2) is 44.5 Å². The second kappa shape index (κ2) is 20.4. The van der Waals surface area contributed by atoms with Gasteiger partial charge in [-0.15, -0.1) is 22.7 Å². The first-order valence-corrected chi connectivity index (χ1v) is 19.1. The van der Waals surface area contributed by atoms with E-state index in [4.69, 9.17) is 8.83 Å². The van der Waals surface area contributed by atoms with Crippen molar-refractivity contribution < 1.29 is 8.83 Å². The summed E-state index contributed by atoms with van der Waals surface area (Å²) in [6.45, 7) is 38.0. The summed E-state index contributed by atoms with van der Waals surface area (Å²) in [6, 6.07) is 0. The molecule has 0 aromatic carbocycles. The molecule has 0 saturated heterocycles. The van der Waals surface area contributed by atoms with E-state index in [1.54, 1.807) is 12.5 Å². The van der Waals surface area contributed by atoms with Crippen molar-refractivity contribution >= 4 is 22.7 Å². The molecule has 0 atom stereocenters. The van der Waals surface area contributed by atoms with Crippen molar-refractivity contribution in [3.8, 4) is 0 Å². The van der Waals surface area contributed by atoms with Gasteiger partial charge >= 0.3 is 0 Å². The summed E-state index contributed by atoms with van der Waals surface area (Å²) in [5.74, 6) is 2.06. The van der Waals surface area contributed by atoms with Gasteiger partial charge in [0.25, 0.3) is 0 Å². The van der Waals surface area contributed by atoms with Gasteiger partial charge in [-0.05, 0) is 202 Å². The highest BCUT2D eigenvalue weighted by molar-refractivity contribution is 7.10. The van der Waals surface area contributed by atoms with E-state index >= 15 is 0 Å². The fourth-order valence-electron chi connectivity index (χ4n) is 4.59. The second-order valence-electron chi connectivity index (χ2n) is 13.7. The van der Waals surface area contributed by atoms with Crippen LogP contribution in [0.3, 0.4) is 0 Å². The van der Waals surface area contributed by atoms with Crippen LogP contribution < -0.4 is 0 Å². The van der Waals surface area contributed by atoms with Crippen LogP contribution in [0.5, 0.6) is 0 Å². The number of nitrogens with zero attached hydrogens (tertiary/aromatic N) is 2. The maximum Gasteiger partial charge on any atom is 0.103 e. The standard InChI is InChI=1S/2C8H13N.2C7H10O.2C7H10S/c2*1-6-5-9(4)8(3)7(6)2;4*1-5-4-8-7(3)6(5)2/h2*5H,1-4H3;4*4H,1-3H3. The Labute approximate surface area is 313 Å². The summed E-state index contributed by atoms with van der Waals surface area (Å²) in [5.41, 5.74) is 19.1. The first-order valence-electron chi connectivity index (χ1n) is 17.3. The minimum atomic E-state index is 1.03. The summed E-state index contributed by atoms with van der Waals surface area (Å²) in [6.07, 6.45) is 7.88. The quantitative estimate of drug-likeness (QED) is 0.157. The molecule has 0 amide bonds. The van der Waals surface area contributed by atoms with E-state index < -0.39 is 0 Å². The zero-order valence-corrected chi connectivity index (χ0v) is 36.6. The molecule has 276 valence electrons. The molecule has 0 aliphatic rings. The van der Waals surface area contributed by atoms with Gasteiger partial charge in [-0.3, -0.25) is 0 Å². The Morgan fingerprint density at radius 1 is 0.380 bits per heavy atom. The van der Waals surface area contributed by atoms with Crippen LogP contribution in [0.2, 0.25) is 0 Å². The van der Waals surface area contributed by atoms with Crippen molar-refractivity contribution in [2.24, 2.45) is 14.1 Å². The molecule has 6 heterocycles. The summed E-state index contributed by atoms with van der Waals surface area (Å²) in [5, 5.41) is 4.40. The average Bonchev–Trinajstić information content (AvgIpc) is 3.85. The Kier molecular flexibility index (Phi) is 18.2. The molecule has 0 aliphatic heterocycles. The normalized spacial score (nSPS) is 10.0. The third-order valence-electron chi connectivity index (χ3n) is 10.2. The molecule has 6 rings (SSSR count). The summed E-state index contributed by atoms with van der Waals surface area (Å²) in [7, 11) is 4.16. The largest absolute Gasteiger partial charge is 0.469 e.